The Kier molecular flexibility index (Phi) is 39.1. The van der Waals surface area contributed by atoms with Gasteiger partial charge in [0.1, 0.15) is 268 Å². The van der Waals surface area contributed by atoms with Crippen molar-refractivity contribution in [1.82, 2.24) is 10.6 Å². The number of nitrogens with one attached hydrogen (secondary N) is 2. The van der Waals surface area contributed by atoms with Gasteiger partial charge in [-0.25, -0.2) is 4.57 Å². The zero-order chi connectivity index (χ0) is 97.2. The molecule has 132 heavy (non-hydrogen) atoms. The van der Waals surface area contributed by atoms with Crippen molar-refractivity contribution >= 4 is 19.6 Å². The highest BCUT2D eigenvalue weighted by Gasteiger charge is 2.62. The van der Waals surface area contributed by atoms with E-state index in [2.05, 4.69) is 10.6 Å². The summed E-state index contributed by atoms with van der Waals surface area (Å²) in [6.07, 6.45) is -120. The summed E-state index contributed by atoms with van der Waals surface area (Å²) >= 11 is 0. The number of hydrogen-bond donors (Lipinski definition) is 36. The van der Waals surface area contributed by atoms with Gasteiger partial charge in [-0.3, -0.25) is 18.6 Å². The highest BCUT2D eigenvalue weighted by molar-refractivity contribution is 7.47. The molecule has 0 aromatic carbocycles. The van der Waals surface area contributed by atoms with Crippen LogP contribution in [-0.2, 0) is 118 Å². The van der Waals surface area contributed by atoms with E-state index in [0.717, 1.165) is 13.8 Å². The molecule has 11 aliphatic heterocycles. The molecule has 2 amide bonds. The van der Waals surface area contributed by atoms with Crippen molar-refractivity contribution in [2.45, 2.75) is 351 Å². The molecule has 11 saturated heterocycles. The number of carbonyl (C=O) groups is 2. The van der Waals surface area contributed by atoms with E-state index in [-0.39, 0.29) is 0 Å². The molecule has 0 aromatic heterocycles. The molecule has 0 aliphatic carbocycles. The van der Waals surface area contributed by atoms with Crippen LogP contribution in [0.2, 0.25) is 0 Å². The standard InChI is InChI=1S/C70H119N2O59P/c1-14(81)71-27-40(94)53(23(10-80)113-60(27)107)124-66-52(106)55(126-69-59(47(101)35(89)21(8-78)119-69)130-70-58(46(100)34(88)22(9-79)120-70)129-64-49(103)42(96)31(85)18(5-75)116-64)38(92)25(122-66)11-110-62-51(105)54(125-68-57(45(99)33(87)20(7-77)118-68)128-63-48(102)41(95)30(84)17(4-74)115-63)37(91)24(121-62)12-111-67-56(44(98)32(86)19(6-76)117-67)127-65-50(104)43(97)36(90)26(123-65)13-112-132(108,109)131-61-28(72-15(2)82)39(93)29(83)16(3-73)114-61/h16-70,73-80,83-107H,3-13H2,1-2H3,(H,71,81)(H,72,82)(H,108,109)/t16-,17-,18-,19-,20-,21-,22-,23-,24-,25-,26-,27-,28-,29-,30-,31-,32-,33-,34-,35-,36-,37-,38-,39-,40-,41+,42+,43+,44+,45+,46+,47+,48+,49+,50+,51+,52+,53-,54+,55+,56+,57+,58+,59+,60?,61-,62+,63-,64-,65-,66+,67+,68-,69-,70-/m1/s1. The van der Waals surface area contributed by atoms with E-state index < -0.39 is 430 Å². The number of aliphatic hydroxyl groups excluding tert-OH is 33. The average molecular weight is 1960 g/mol. The van der Waals surface area contributed by atoms with Gasteiger partial charge in [-0.05, 0) is 0 Å². The van der Waals surface area contributed by atoms with E-state index in [1.54, 1.807) is 0 Å². The minimum atomic E-state index is -5.66. The number of phosphoric ester groups is 1. The monoisotopic (exact) mass is 1960 g/mol. The highest BCUT2D eigenvalue weighted by Crippen LogP contribution is 2.48. The summed E-state index contributed by atoms with van der Waals surface area (Å²) in [6.45, 7) is -11.4. The Morgan fingerprint density at radius 1 is 0.242 bits per heavy atom. The van der Waals surface area contributed by atoms with Gasteiger partial charge >= 0.3 is 7.82 Å². The third-order valence-electron chi connectivity index (χ3n) is 24.0. The zero-order valence-corrected chi connectivity index (χ0v) is 70.3. The van der Waals surface area contributed by atoms with Crippen molar-refractivity contribution in [3.05, 3.63) is 0 Å². The van der Waals surface area contributed by atoms with Gasteiger partial charge in [0, 0.05) is 13.8 Å². The molecule has 11 fully saturated rings. The Morgan fingerprint density at radius 3 is 0.871 bits per heavy atom. The summed E-state index contributed by atoms with van der Waals surface area (Å²) in [6, 6.07) is -3.70. The zero-order valence-electron chi connectivity index (χ0n) is 69.4. The fourth-order valence-electron chi connectivity index (χ4n) is 16.4. The lowest BCUT2D eigenvalue weighted by Gasteiger charge is -2.50. The first-order chi connectivity index (χ1) is 62.3. The van der Waals surface area contributed by atoms with Gasteiger partial charge < -0.3 is 279 Å². The van der Waals surface area contributed by atoms with E-state index in [9.17, 15) is 188 Å². The molecule has 62 heteroatoms. The maximum absolute atomic E-state index is 13.5. The molecular weight excluding hydrogens is 1840 g/mol. The summed E-state index contributed by atoms with van der Waals surface area (Å²) < 4.78 is 140. The molecule has 11 aliphatic rings. The van der Waals surface area contributed by atoms with Crippen molar-refractivity contribution in [2.24, 2.45) is 0 Å². The fraction of sp³-hybridized carbons (Fsp3) is 0.971. The number of carbonyl (C=O) groups excluding carboxylic acids is 2. The minimum Gasteiger partial charge on any atom is -0.394 e. The normalized spacial score (nSPS) is 51.0. The third kappa shape index (κ3) is 23.9. The number of hydrogen-bond acceptors (Lipinski definition) is 58. The van der Waals surface area contributed by atoms with Crippen molar-refractivity contribution < 1.29 is 291 Å². The summed E-state index contributed by atoms with van der Waals surface area (Å²) in [5.74, 6) is -1.82. The molecule has 56 atom stereocenters. The average Bonchev–Trinajstić information content (AvgIpc) is 0.975. The molecule has 0 spiro atoms. The summed E-state index contributed by atoms with van der Waals surface area (Å²) in [7, 11) is -5.66. The van der Waals surface area contributed by atoms with Crippen LogP contribution >= 0.6 is 7.82 Å². The SMILES string of the molecule is CC(=O)N[C@H]1[C@@H](OP(=O)(O)OC[C@H]2O[C@H](O[C@@H]3[C@@H](OC[C@H]4O[C@H](OC[C@H]5O[C@@H](O[C@H]6[C@H](O)[C@@H](NC(C)=O)C(O)O[C@@H]6CO)[C@@H](O)[C@@H](O[C@H]6O[C@H](CO)[C@@H](O)[C@H](O)[C@@H]6O[C@H]6O[C@H](CO)[C@@H](O)[C@H](O)[C@@H]6O[C@H]6O[C@H](CO)[C@@H](O)[C@H](O)[C@@H]6O)[C@@H]5O)[C@@H](O)[C@@H](O[C@H]5O[C@H](CO)[C@@H](O)[C@H](O)[C@@H]5O[C@H]5O[C@H](CO)[C@@H](O)[C@H](O)[C@@H]5O)[C@@H]4O)O[C@H](CO)[C@@H](O)[C@@H]3O)[C@@H](O)[C@@H](O)[C@@H]2O)O[C@H](CO)[C@@H](O)[C@@H]1O. The van der Waals surface area contributed by atoms with Gasteiger partial charge in [-0.15, -0.1) is 0 Å². The Labute approximate surface area is 743 Å². The predicted molar refractivity (Wildman–Crippen MR) is 396 cm³/mol. The minimum absolute atomic E-state index is 0.902. The molecule has 11 rings (SSSR count). The van der Waals surface area contributed by atoms with Gasteiger partial charge in [0.05, 0.1) is 72.7 Å². The largest absolute Gasteiger partial charge is 0.474 e. The Bertz CT molecular complexity index is 3590. The van der Waals surface area contributed by atoms with Crippen molar-refractivity contribution in [3.63, 3.8) is 0 Å². The second-order valence-electron chi connectivity index (χ2n) is 32.9. The molecule has 61 nitrogen and oxygen atoms in total. The lowest BCUT2D eigenvalue weighted by atomic mass is 9.94. The van der Waals surface area contributed by atoms with Gasteiger partial charge in [-0.2, -0.15) is 0 Å². The van der Waals surface area contributed by atoms with Crippen LogP contribution in [0.5, 0.6) is 0 Å². The van der Waals surface area contributed by atoms with Crippen LogP contribution in [0, 0.1) is 0 Å². The van der Waals surface area contributed by atoms with E-state index in [4.69, 9.17) is 104 Å². The van der Waals surface area contributed by atoms with Crippen molar-refractivity contribution in [2.75, 3.05) is 72.7 Å². The van der Waals surface area contributed by atoms with Gasteiger partial charge in [0.2, 0.25) is 11.8 Å². The summed E-state index contributed by atoms with van der Waals surface area (Å²) in [5, 5.41) is 371. The van der Waals surface area contributed by atoms with E-state index in [1.807, 2.05) is 0 Å². The Balaban J connectivity index is 0.918. The van der Waals surface area contributed by atoms with Gasteiger partial charge in [-0.1, -0.05) is 0 Å². The fourth-order valence-corrected chi connectivity index (χ4v) is 17.3. The van der Waals surface area contributed by atoms with E-state index in [0.29, 0.717) is 0 Å². The molecular formula is C70H119N2O59P. The second-order valence-corrected chi connectivity index (χ2v) is 34.3. The number of amides is 2. The molecule has 0 bridgehead atoms. The maximum atomic E-state index is 13.5. The topological polar surface area (TPSA) is 966 Å². The molecule has 11 heterocycles. The summed E-state index contributed by atoms with van der Waals surface area (Å²) in [5.41, 5.74) is 0. The van der Waals surface area contributed by atoms with Crippen molar-refractivity contribution in [1.29, 1.82) is 0 Å². The van der Waals surface area contributed by atoms with E-state index in [1.165, 1.54) is 0 Å². The first-order valence-electron chi connectivity index (χ1n) is 41.4. The van der Waals surface area contributed by atoms with Gasteiger partial charge in [0.15, 0.2) is 69.2 Å². The molecule has 0 aromatic rings. The van der Waals surface area contributed by atoms with Crippen LogP contribution < -0.4 is 10.6 Å². The number of ether oxygens (including phenoxy) is 20. The van der Waals surface area contributed by atoms with Crippen molar-refractivity contribution in [3.8, 4) is 0 Å². The smallest absolute Gasteiger partial charge is 0.394 e. The molecule has 768 valence electrons. The first-order valence-corrected chi connectivity index (χ1v) is 42.9. The number of phosphoric acid groups is 1. The van der Waals surface area contributed by atoms with Gasteiger partial charge in [0.25, 0.3) is 0 Å². The summed E-state index contributed by atoms with van der Waals surface area (Å²) in [4.78, 5) is 35.4. The second kappa shape index (κ2) is 47.2. The Hall–Kier alpha value is -3.07. The molecule has 0 radical (unpaired) electrons. The molecule has 0 saturated carbocycles. The first kappa shape index (κ1) is 109. The molecule has 36 N–H and O–H groups in total. The molecule has 2 unspecified atom stereocenters. The van der Waals surface area contributed by atoms with Crippen LogP contribution in [0.25, 0.3) is 0 Å². The highest BCUT2D eigenvalue weighted by atomic mass is 31.2. The van der Waals surface area contributed by atoms with Crippen LogP contribution in [0.15, 0.2) is 0 Å². The van der Waals surface area contributed by atoms with Crippen LogP contribution in [0.1, 0.15) is 13.8 Å². The lowest BCUT2D eigenvalue weighted by molar-refractivity contribution is -0.408. The Morgan fingerprint density at radius 2 is 0.500 bits per heavy atom. The van der Waals surface area contributed by atoms with Crippen LogP contribution in [-0.4, -0.2) is 596 Å². The number of aliphatic hydroxyl groups is 33. The predicted octanol–water partition coefficient (Wildman–Crippen LogP) is -24.6. The van der Waals surface area contributed by atoms with E-state index >= 15 is 0 Å². The number of rotatable bonds is 35. The van der Waals surface area contributed by atoms with Crippen LogP contribution in [0.3, 0.4) is 0 Å². The quantitative estimate of drug-likeness (QED) is 0.0262. The van der Waals surface area contributed by atoms with Crippen LogP contribution in [0.4, 0.5) is 0 Å². The lowest BCUT2D eigenvalue weighted by Crippen LogP contribution is -2.69. The maximum Gasteiger partial charge on any atom is 0.474 e. The third-order valence-corrected chi connectivity index (χ3v) is 24.9.